The molecule has 4 nitrogen and oxygen atoms in total. The summed E-state index contributed by atoms with van der Waals surface area (Å²) in [6.45, 7) is 0. The third kappa shape index (κ3) is 3.30. The van der Waals surface area contributed by atoms with E-state index in [4.69, 9.17) is 0 Å². The minimum absolute atomic E-state index is 0.676. The Labute approximate surface area is 114 Å². The van der Waals surface area contributed by atoms with E-state index in [1.807, 2.05) is 30.7 Å². The number of aromatic nitrogens is 3. The smallest absolute Gasteiger partial charge is 0.157 e. The van der Waals surface area contributed by atoms with Crippen molar-refractivity contribution in [3.05, 3.63) is 36.9 Å². The van der Waals surface area contributed by atoms with Gasteiger partial charge in [-0.1, -0.05) is 0 Å². The third-order valence-electron chi connectivity index (χ3n) is 2.18. The fourth-order valence-electron chi connectivity index (χ4n) is 1.36. The van der Waals surface area contributed by atoms with Crippen molar-refractivity contribution < 1.29 is 0 Å². The van der Waals surface area contributed by atoms with Crippen molar-refractivity contribution in [2.75, 3.05) is 12.5 Å². The molecule has 0 aliphatic carbocycles. The molecule has 92 valence electrons. The van der Waals surface area contributed by atoms with Gasteiger partial charge in [-0.05, 0) is 24.6 Å². The molecule has 0 radical (unpaired) electrons. The predicted octanol–water partition coefficient (Wildman–Crippen LogP) is 3.25. The zero-order valence-corrected chi connectivity index (χ0v) is 11.7. The summed E-state index contributed by atoms with van der Waals surface area (Å²) in [6.07, 6.45) is 9.03. The first-order chi connectivity index (χ1) is 8.83. The normalized spacial score (nSPS) is 10.1. The third-order valence-corrected chi connectivity index (χ3v) is 4.06. The van der Waals surface area contributed by atoms with Gasteiger partial charge in [-0.3, -0.25) is 4.98 Å². The molecule has 18 heavy (non-hydrogen) atoms. The minimum atomic E-state index is 0.676. The number of hydrogen-bond donors (Lipinski definition) is 0. The fourth-order valence-corrected chi connectivity index (χ4v) is 2.39. The Morgan fingerprint density at radius 3 is 2.50 bits per heavy atom. The van der Waals surface area contributed by atoms with Crippen LogP contribution < -0.4 is 0 Å². The minimum Gasteiger partial charge on any atom is -0.265 e. The van der Waals surface area contributed by atoms with E-state index in [9.17, 15) is 0 Å². The lowest BCUT2D eigenvalue weighted by atomic mass is 10.2. The number of thioether (sulfide) groups is 2. The molecule has 0 aliphatic rings. The summed E-state index contributed by atoms with van der Waals surface area (Å²) < 4.78 is 0.981. The molecule has 0 atom stereocenters. The maximum absolute atomic E-state index is 4.46. The molecular formula is C12H12N4S2. The molecule has 0 bridgehead atoms. The van der Waals surface area contributed by atoms with Crippen molar-refractivity contribution in [3.63, 3.8) is 0 Å². The molecule has 0 fully saturated rings. The van der Waals surface area contributed by atoms with Crippen molar-refractivity contribution >= 4 is 33.7 Å². The molecule has 2 rings (SSSR count). The van der Waals surface area contributed by atoms with Crippen LogP contribution in [0.25, 0.3) is 11.3 Å². The maximum Gasteiger partial charge on any atom is 0.157 e. The molecule has 2 heterocycles. The van der Waals surface area contributed by atoms with Crippen LogP contribution in [0.3, 0.4) is 0 Å². The SMILES string of the molecule is CSC(=Nc1cc(-c2ccncc2)ncn1)SC. The summed E-state index contributed by atoms with van der Waals surface area (Å²) in [7, 11) is 0. The Balaban J connectivity index is 2.34. The molecule has 0 saturated carbocycles. The Bertz CT molecular complexity index is 537. The zero-order valence-electron chi connectivity index (χ0n) is 10.1. The van der Waals surface area contributed by atoms with Crippen LogP contribution in [0.1, 0.15) is 0 Å². The van der Waals surface area contributed by atoms with Gasteiger partial charge in [0.25, 0.3) is 0 Å². The fraction of sp³-hybridized carbons (Fsp3) is 0.167. The summed E-state index contributed by atoms with van der Waals surface area (Å²) in [5, 5.41) is 0. The molecule has 0 N–H and O–H groups in total. The number of rotatable bonds is 2. The van der Waals surface area contributed by atoms with E-state index in [1.54, 1.807) is 35.9 Å². The van der Waals surface area contributed by atoms with Gasteiger partial charge in [-0.2, -0.15) is 0 Å². The van der Waals surface area contributed by atoms with Gasteiger partial charge in [0.2, 0.25) is 0 Å². The molecule has 2 aromatic rings. The molecule has 6 heteroatoms. The molecule has 0 spiro atoms. The Morgan fingerprint density at radius 2 is 1.83 bits per heavy atom. The van der Waals surface area contributed by atoms with Gasteiger partial charge in [0.15, 0.2) is 5.82 Å². The van der Waals surface area contributed by atoms with Crippen LogP contribution in [0, 0.1) is 0 Å². The highest BCUT2D eigenvalue weighted by Crippen LogP contribution is 2.21. The van der Waals surface area contributed by atoms with Gasteiger partial charge in [0.05, 0.1) is 5.69 Å². The average Bonchev–Trinajstić information content (AvgIpc) is 2.46. The highest BCUT2D eigenvalue weighted by atomic mass is 32.2. The van der Waals surface area contributed by atoms with Gasteiger partial charge in [-0.25, -0.2) is 15.0 Å². The van der Waals surface area contributed by atoms with Gasteiger partial charge in [0, 0.05) is 24.0 Å². The number of aliphatic imine (C=N–C) groups is 1. The Hall–Kier alpha value is -1.40. The summed E-state index contributed by atoms with van der Waals surface area (Å²) in [5.74, 6) is 0.676. The first kappa shape index (κ1) is 13.0. The van der Waals surface area contributed by atoms with Crippen LogP contribution in [0.5, 0.6) is 0 Å². The summed E-state index contributed by atoms with van der Waals surface area (Å²) in [5.41, 5.74) is 1.87. The Kier molecular flexibility index (Phi) is 4.72. The van der Waals surface area contributed by atoms with Crippen LogP contribution in [-0.4, -0.2) is 31.8 Å². The average molecular weight is 276 g/mol. The largest absolute Gasteiger partial charge is 0.265 e. The lowest BCUT2D eigenvalue weighted by molar-refractivity contribution is 1.15. The number of nitrogens with zero attached hydrogens (tertiary/aromatic N) is 4. The van der Waals surface area contributed by atoms with Crippen molar-refractivity contribution in [3.8, 4) is 11.3 Å². The van der Waals surface area contributed by atoms with Crippen molar-refractivity contribution in [2.45, 2.75) is 0 Å². The van der Waals surface area contributed by atoms with E-state index in [0.29, 0.717) is 5.82 Å². The monoisotopic (exact) mass is 276 g/mol. The highest BCUT2D eigenvalue weighted by Gasteiger charge is 2.02. The van der Waals surface area contributed by atoms with E-state index >= 15 is 0 Å². The van der Waals surface area contributed by atoms with Gasteiger partial charge in [0.1, 0.15) is 10.7 Å². The molecule has 0 unspecified atom stereocenters. The molecule has 0 aliphatic heterocycles. The highest BCUT2D eigenvalue weighted by molar-refractivity contribution is 8.38. The van der Waals surface area contributed by atoms with Crippen LogP contribution in [0.2, 0.25) is 0 Å². The standard InChI is InChI=1S/C12H12N4S2/c1-17-12(18-2)16-11-7-10(14-8-15-11)9-3-5-13-6-4-9/h3-8H,1-2H3. The van der Waals surface area contributed by atoms with E-state index in [2.05, 4.69) is 19.9 Å². The van der Waals surface area contributed by atoms with Crippen LogP contribution in [-0.2, 0) is 0 Å². The molecule has 0 aromatic carbocycles. The molecule has 0 amide bonds. The number of pyridine rings is 1. The van der Waals surface area contributed by atoms with Crippen molar-refractivity contribution in [1.29, 1.82) is 0 Å². The van der Waals surface area contributed by atoms with Crippen molar-refractivity contribution in [1.82, 2.24) is 15.0 Å². The maximum atomic E-state index is 4.46. The molecule has 0 saturated heterocycles. The molecule has 2 aromatic heterocycles. The van der Waals surface area contributed by atoms with Crippen molar-refractivity contribution in [2.24, 2.45) is 4.99 Å². The summed E-state index contributed by atoms with van der Waals surface area (Å²) >= 11 is 3.22. The van der Waals surface area contributed by atoms with Crippen LogP contribution in [0.15, 0.2) is 41.9 Å². The summed E-state index contributed by atoms with van der Waals surface area (Å²) in [6, 6.07) is 5.71. The topological polar surface area (TPSA) is 51.0 Å². The first-order valence-electron chi connectivity index (χ1n) is 5.22. The van der Waals surface area contributed by atoms with E-state index < -0.39 is 0 Å². The Morgan fingerprint density at radius 1 is 1.11 bits per heavy atom. The van der Waals surface area contributed by atoms with Crippen LogP contribution in [0.4, 0.5) is 5.82 Å². The summed E-state index contributed by atoms with van der Waals surface area (Å²) in [4.78, 5) is 16.9. The number of hydrogen-bond acceptors (Lipinski definition) is 6. The van der Waals surface area contributed by atoms with Gasteiger partial charge >= 0.3 is 0 Å². The van der Waals surface area contributed by atoms with E-state index in [1.165, 1.54) is 6.33 Å². The molecular weight excluding hydrogens is 264 g/mol. The lowest BCUT2D eigenvalue weighted by Crippen LogP contribution is -1.87. The first-order valence-corrected chi connectivity index (χ1v) is 7.67. The zero-order chi connectivity index (χ0) is 12.8. The quantitative estimate of drug-likeness (QED) is 0.622. The lowest BCUT2D eigenvalue weighted by Gasteiger charge is -2.01. The second-order valence-electron chi connectivity index (χ2n) is 3.28. The van der Waals surface area contributed by atoms with Gasteiger partial charge in [-0.15, -0.1) is 23.5 Å². The van der Waals surface area contributed by atoms with Crippen LogP contribution >= 0.6 is 23.5 Å². The predicted molar refractivity (Wildman–Crippen MR) is 79.4 cm³/mol. The van der Waals surface area contributed by atoms with Gasteiger partial charge < -0.3 is 0 Å². The second kappa shape index (κ2) is 6.51. The second-order valence-corrected chi connectivity index (χ2v) is 5.13. The van der Waals surface area contributed by atoms with E-state index in [-0.39, 0.29) is 0 Å². The van der Waals surface area contributed by atoms with E-state index in [0.717, 1.165) is 15.6 Å².